The molecule has 86 valence electrons. The minimum atomic E-state index is -3.99. The number of hydrogen-bond donors (Lipinski definition) is 2. The Kier molecular flexibility index (Phi) is 4.00. The molecule has 0 aliphatic heterocycles. The zero-order valence-electron chi connectivity index (χ0n) is 10.0. The third kappa shape index (κ3) is 5.14. The molecule has 0 aromatic heterocycles. The molecule has 0 saturated heterocycles. The lowest BCUT2D eigenvalue weighted by molar-refractivity contribution is 0.237. The molecule has 0 bridgehead atoms. The van der Waals surface area contributed by atoms with Crippen molar-refractivity contribution >= 4 is 7.60 Å². The van der Waals surface area contributed by atoms with Gasteiger partial charge in [0.2, 0.25) is 0 Å². The molecule has 0 fully saturated rings. The van der Waals surface area contributed by atoms with Gasteiger partial charge in [0.05, 0.1) is 5.66 Å². The van der Waals surface area contributed by atoms with E-state index in [0.717, 1.165) is 0 Å². The Morgan fingerprint density at radius 2 is 1.43 bits per heavy atom. The summed E-state index contributed by atoms with van der Waals surface area (Å²) in [4.78, 5) is 18.6. The Labute approximate surface area is 87.1 Å². The van der Waals surface area contributed by atoms with Gasteiger partial charge in [-0.2, -0.15) is 0 Å². The molecule has 1 atom stereocenters. The van der Waals surface area contributed by atoms with E-state index in [2.05, 4.69) is 0 Å². The van der Waals surface area contributed by atoms with E-state index in [0.29, 0.717) is 6.42 Å². The first-order chi connectivity index (χ1) is 5.84. The minimum Gasteiger partial charge on any atom is -0.324 e. The van der Waals surface area contributed by atoms with Crippen molar-refractivity contribution in [2.75, 3.05) is 0 Å². The van der Waals surface area contributed by atoms with E-state index in [9.17, 15) is 14.4 Å². The van der Waals surface area contributed by atoms with Crippen LogP contribution in [0.3, 0.4) is 0 Å². The monoisotopic (exact) mass is 222 g/mol. The summed E-state index contributed by atoms with van der Waals surface area (Å²) in [6.07, 6.45) is 0.542. The van der Waals surface area contributed by atoms with Gasteiger partial charge < -0.3 is 9.79 Å². The van der Waals surface area contributed by atoms with Crippen LogP contribution in [0.5, 0.6) is 0 Å². The maximum Gasteiger partial charge on any atom is 0.329 e. The SMILES string of the molecule is CC(C)(C)CC(C(C)(C)C)P(=O)(O)O. The minimum absolute atomic E-state index is 0.0565. The first kappa shape index (κ1) is 14.2. The van der Waals surface area contributed by atoms with Gasteiger partial charge in [-0.3, -0.25) is 4.57 Å². The third-order valence-corrected chi connectivity index (χ3v) is 3.98. The fourth-order valence-electron chi connectivity index (χ4n) is 1.51. The van der Waals surface area contributed by atoms with Gasteiger partial charge in [-0.1, -0.05) is 41.5 Å². The molecule has 0 saturated carbocycles. The van der Waals surface area contributed by atoms with Crippen LogP contribution in [0.1, 0.15) is 48.0 Å². The van der Waals surface area contributed by atoms with E-state index in [-0.39, 0.29) is 10.8 Å². The molecule has 0 amide bonds. The zero-order valence-corrected chi connectivity index (χ0v) is 10.9. The summed E-state index contributed by atoms with van der Waals surface area (Å²) in [6, 6.07) is 0. The van der Waals surface area contributed by atoms with Crippen molar-refractivity contribution in [2.45, 2.75) is 53.6 Å². The summed E-state index contributed by atoms with van der Waals surface area (Å²) >= 11 is 0. The molecule has 2 N–H and O–H groups in total. The molecule has 1 unspecified atom stereocenters. The molecule has 0 aliphatic rings. The second-order valence-corrected chi connectivity index (χ2v) is 8.04. The molecule has 0 aliphatic carbocycles. The van der Waals surface area contributed by atoms with Crippen LogP contribution in [0.2, 0.25) is 0 Å². The van der Waals surface area contributed by atoms with Crippen LogP contribution in [0.4, 0.5) is 0 Å². The Morgan fingerprint density at radius 3 is 1.50 bits per heavy atom. The largest absolute Gasteiger partial charge is 0.329 e. The normalized spacial score (nSPS) is 16.9. The van der Waals surface area contributed by atoms with Crippen molar-refractivity contribution in [2.24, 2.45) is 10.8 Å². The molecule has 0 aromatic rings. The van der Waals surface area contributed by atoms with E-state index in [1.54, 1.807) is 0 Å². The van der Waals surface area contributed by atoms with Crippen molar-refractivity contribution in [3.8, 4) is 0 Å². The van der Waals surface area contributed by atoms with Gasteiger partial charge in [0, 0.05) is 0 Å². The first-order valence-electron chi connectivity index (χ1n) is 4.89. The Hall–Kier alpha value is 0.150. The maximum atomic E-state index is 11.4. The smallest absolute Gasteiger partial charge is 0.324 e. The van der Waals surface area contributed by atoms with E-state index < -0.39 is 13.3 Å². The standard InChI is InChI=1S/C10H23O3P/c1-9(2,3)7-8(10(4,5)6)14(11,12)13/h8H,7H2,1-6H3,(H2,11,12,13). The highest BCUT2D eigenvalue weighted by atomic mass is 31.2. The summed E-state index contributed by atoms with van der Waals surface area (Å²) in [5.74, 6) is 0. The highest BCUT2D eigenvalue weighted by molar-refractivity contribution is 7.52. The molecule has 0 aromatic carbocycles. The molecule has 0 radical (unpaired) electrons. The van der Waals surface area contributed by atoms with Gasteiger partial charge in [0.1, 0.15) is 0 Å². The van der Waals surface area contributed by atoms with Crippen LogP contribution in [0.15, 0.2) is 0 Å². The highest BCUT2D eigenvalue weighted by Crippen LogP contribution is 2.53. The van der Waals surface area contributed by atoms with Crippen molar-refractivity contribution in [3.05, 3.63) is 0 Å². The predicted octanol–water partition coefficient (Wildman–Crippen LogP) is 3.02. The quantitative estimate of drug-likeness (QED) is 0.706. The Bertz CT molecular complexity index is 229. The van der Waals surface area contributed by atoms with Gasteiger partial charge in [-0.15, -0.1) is 0 Å². The second-order valence-electron chi connectivity index (χ2n) is 6.24. The van der Waals surface area contributed by atoms with E-state index >= 15 is 0 Å². The lowest BCUT2D eigenvalue weighted by atomic mass is 9.81. The van der Waals surface area contributed by atoms with Crippen LogP contribution >= 0.6 is 7.60 Å². The Balaban J connectivity index is 4.88. The van der Waals surface area contributed by atoms with Crippen LogP contribution in [0.25, 0.3) is 0 Å². The summed E-state index contributed by atoms with van der Waals surface area (Å²) in [7, 11) is -3.99. The first-order valence-corrected chi connectivity index (χ1v) is 6.57. The fourth-order valence-corrected chi connectivity index (χ4v) is 3.30. The average molecular weight is 222 g/mol. The summed E-state index contributed by atoms with van der Waals surface area (Å²) < 4.78 is 11.4. The van der Waals surface area contributed by atoms with Crippen molar-refractivity contribution in [3.63, 3.8) is 0 Å². The van der Waals surface area contributed by atoms with Crippen LogP contribution in [-0.4, -0.2) is 15.4 Å². The average Bonchev–Trinajstić information content (AvgIpc) is 1.75. The van der Waals surface area contributed by atoms with Gasteiger partial charge in [0.25, 0.3) is 0 Å². The van der Waals surface area contributed by atoms with E-state index in [4.69, 9.17) is 0 Å². The van der Waals surface area contributed by atoms with E-state index in [1.165, 1.54) is 0 Å². The lowest BCUT2D eigenvalue weighted by Gasteiger charge is -2.35. The molecule has 14 heavy (non-hydrogen) atoms. The van der Waals surface area contributed by atoms with Gasteiger partial charge in [-0.05, 0) is 17.3 Å². The van der Waals surface area contributed by atoms with Crippen molar-refractivity contribution < 1.29 is 14.4 Å². The zero-order chi connectivity index (χ0) is 11.8. The second kappa shape index (κ2) is 3.96. The Morgan fingerprint density at radius 1 is 1.07 bits per heavy atom. The van der Waals surface area contributed by atoms with Gasteiger partial charge in [0.15, 0.2) is 0 Å². The molecule has 0 rings (SSSR count). The molecular formula is C10H23O3P. The van der Waals surface area contributed by atoms with Crippen molar-refractivity contribution in [1.29, 1.82) is 0 Å². The number of hydrogen-bond acceptors (Lipinski definition) is 1. The molecule has 0 spiro atoms. The highest BCUT2D eigenvalue weighted by Gasteiger charge is 2.40. The maximum absolute atomic E-state index is 11.4. The number of rotatable bonds is 2. The van der Waals surface area contributed by atoms with Crippen LogP contribution in [-0.2, 0) is 4.57 Å². The van der Waals surface area contributed by atoms with Gasteiger partial charge >= 0.3 is 7.60 Å². The van der Waals surface area contributed by atoms with E-state index in [1.807, 2.05) is 41.5 Å². The molecule has 4 heteroatoms. The van der Waals surface area contributed by atoms with Crippen molar-refractivity contribution in [1.82, 2.24) is 0 Å². The predicted molar refractivity (Wildman–Crippen MR) is 59.4 cm³/mol. The third-order valence-electron chi connectivity index (χ3n) is 2.21. The van der Waals surface area contributed by atoms with Crippen LogP contribution in [0, 0.1) is 10.8 Å². The summed E-state index contributed by atoms with van der Waals surface area (Å²) in [6.45, 7) is 11.6. The van der Waals surface area contributed by atoms with Crippen LogP contribution < -0.4 is 0 Å². The molecular weight excluding hydrogens is 199 g/mol. The fraction of sp³-hybridized carbons (Fsp3) is 1.00. The topological polar surface area (TPSA) is 57.5 Å². The lowest BCUT2D eigenvalue weighted by Crippen LogP contribution is -2.30. The molecule has 3 nitrogen and oxygen atoms in total. The molecule has 0 heterocycles. The summed E-state index contributed by atoms with van der Waals surface area (Å²) in [5.41, 5.74) is -0.972. The van der Waals surface area contributed by atoms with Gasteiger partial charge in [-0.25, -0.2) is 0 Å². The summed E-state index contributed by atoms with van der Waals surface area (Å²) in [5, 5.41) is 0.